The Bertz CT molecular complexity index is 994. The van der Waals surface area contributed by atoms with Crippen LogP contribution in [-0.4, -0.2) is 44.3 Å². The van der Waals surface area contributed by atoms with Gasteiger partial charge in [0.25, 0.3) is 0 Å². The van der Waals surface area contributed by atoms with Gasteiger partial charge in [-0.25, -0.2) is 23.9 Å². The van der Waals surface area contributed by atoms with Crippen LogP contribution in [0.25, 0.3) is 5.65 Å². The van der Waals surface area contributed by atoms with Gasteiger partial charge in [-0.15, -0.1) is 5.10 Å². The van der Waals surface area contributed by atoms with Gasteiger partial charge in [0.1, 0.15) is 6.33 Å². The second kappa shape index (κ2) is 7.00. The van der Waals surface area contributed by atoms with Crippen LogP contribution in [0.15, 0.2) is 24.7 Å². The van der Waals surface area contributed by atoms with Crippen LogP contribution >= 0.6 is 0 Å². The summed E-state index contributed by atoms with van der Waals surface area (Å²) in [5.41, 5.74) is 2.38. The molecule has 0 amide bonds. The molecule has 0 bridgehead atoms. The Labute approximate surface area is 162 Å². The van der Waals surface area contributed by atoms with Gasteiger partial charge in [-0.3, -0.25) is 0 Å². The lowest BCUT2D eigenvalue weighted by molar-refractivity contribution is 0.213. The number of nitrogens with zero attached hydrogens (tertiary/aromatic N) is 6. The fourth-order valence-corrected chi connectivity index (χ4v) is 3.72. The number of hydrogen-bond acceptors (Lipinski definition) is 6. The first-order valence-corrected chi connectivity index (χ1v) is 9.88. The largest absolute Gasteiger partial charge is 0.476 e. The summed E-state index contributed by atoms with van der Waals surface area (Å²) in [5.74, 6) is 1.74. The van der Waals surface area contributed by atoms with Crippen molar-refractivity contribution in [2.75, 3.05) is 24.6 Å². The maximum absolute atomic E-state index is 14.2. The molecular weight excluding hydrogens is 359 g/mol. The third-order valence-corrected chi connectivity index (χ3v) is 5.64. The summed E-state index contributed by atoms with van der Waals surface area (Å²) in [5, 5.41) is 4.53. The van der Waals surface area contributed by atoms with Gasteiger partial charge in [-0.1, -0.05) is 0 Å². The first-order valence-electron chi connectivity index (χ1n) is 9.88. The minimum atomic E-state index is -0.319. The zero-order valence-corrected chi connectivity index (χ0v) is 15.9. The second-order valence-corrected chi connectivity index (χ2v) is 7.75. The van der Waals surface area contributed by atoms with Crippen LogP contribution in [0.4, 0.5) is 10.2 Å². The lowest BCUT2D eigenvalue weighted by Gasteiger charge is -2.32. The maximum atomic E-state index is 14.2. The van der Waals surface area contributed by atoms with Gasteiger partial charge in [0.15, 0.2) is 17.3 Å². The Morgan fingerprint density at radius 1 is 1.14 bits per heavy atom. The third kappa shape index (κ3) is 3.39. The predicted molar refractivity (Wildman–Crippen MR) is 102 cm³/mol. The average Bonchev–Trinajstić information content (AvgIpc) is 3.48. The van der Waals surface area contributed by atoms with Gasteiger partial charge in [-0.2, -0.15) is 0 Å². The topological polar surface area (TPSA) is 68.4 Å². The molecule has 7 nitrogen and oxygen atoms in total. The molecule has 0 spiro atoms. The van der Waals surface area contributed by atoms with Gasteiger partial charge in [0.05, 0.1) is 24.2 Å². The molecule has 0 unspecified atom stereocenters. The van der Waals surface area contributed by atoms with Crippen molar-refractivity contribution in [1.82, 2.24) is 24.6 Å². The number of halogens is 1. The van der Waals surface area contributed by atoms with Crippen molar-refractivity contribution in [3.8, 4) is 5.88 Å². The molecule has 4 heterocycles. The van der Waals surface area contributed by atoms with Crippen molar-refractivity contribution in [3.63, 3.8) is 0 Å². The summed E-state index contributed by atoms with van der Waals surface area (Å²) in [6, 6.07) is 3.84. The highest BCUT2D eigenvalue weighted by Crippen LogP contribution is 2.39. The number of piperidine rings is 1. The minimum absolute atomic E-state index is 0.319. The van der Waals surface area contributed by atoms with E-state index < -0.39 is 0 Å². The Morgan fingerprint density at radius 3 is 2.75 bits per heavy atom. The van der Waals surface area contributed by atoms with Gasteiger partial charge in [0.2, 0.25) is 5.88 Å². The molecule has 1 saturated heterocycles. The highest BCUT2D eigenvalue weighted by Gasteiger charge is 2.27. The number of aryl methyl sites for hydroxylation is 1. The standard InChI is InChI=1S/C20H23FN6O/c1-13-19(21)20(23-12-22-13)26-8-6-14(7-9-26)11-28-18-5-4-17-24-16(15-2-3-15)10-27(17)25-18/h4-5,10,12,14-15H,2-3,6-9,11H2,1H3. The van der Waals surface area contributed by atoms with E-state index >= 15 is 0 Å². The van der Waals surface area contributed by atoms with Gasteiger partial charge in [0, 0.05) is 25.1 Å². The minimum Gasteiger partial charge on any atom is -0.476 e. The number of aromatic nitrogens is 5. The highest BCUT2D eigenvalue weighted by atomic mass is 19.1. The number of hydrogen-bond donors (Lipinski definition) is 0. The summed E-state index contributed by atoms with van der Waals surface area (Å²) >= 11 is 0. The van der Waals surface area contributed by atoms with Crippen molar-refractivity contribution in [2.45, 2.75) is 38.5 Å². The van der Waals surface area contributed by atoms with Crippen molar-refractivity contribution in [2.24, 2.45) is 5.92 Å². The molecule has 2 aliphatic rings. The van der Waals surface area contributed by atoms with Crippen LogP contribution in [0.2, 0.25) is 0 Å². The lowest BCUT2D eigenvalue weighted by Crippen LogP contribution is -2.36. The first-order chi connectivity index (χ1) is 13.7. The van der Waals surface area contributed by atoms with E-state index in [9.17, 15) is 4.39 Å². The van der Waals surface area contributed by atoms with Crippen LogP contribution in [0.3, 0.4) is 0 Å². The molecule has 1 saturated carbocycles. The molecule has 1 aliphatic heterocycles. The Hall–Kier alpha value is -2.77. The number of rotatable bonds is 5. The normalized spacial score (nSPS) is 18.0. The Morgan fingerprint density at radius 2 is 1.96 bits per heavy atom. The zero-order valence-electron chi connectivity index (χ0n) is 15.9. The molecule has 3 aromatic rings. The fourth-order valence-electron chi connectivity index (χ4n) is 3.72. The zero-order chi connectivity index (χ0) is 19.1. The molecular formula is C20H23FN6O. The van der Waals surface area contributed by atoms with Crippen LogP contribution < -0.4 is 9.64 Å². The van der Waals surface area contributed by atoms with E-state index in [-0.39, 0.29) is 5.82 Å². The second-order valence-electron chi connectivity index (χ2n) is 7.75. The molecule has 0 atom stereocenters. The number of ether oxygens (including phenoxy) is 1. The molecule has 146 valence electrons. The molecule has 0 N–H and O–H groups in total. The molecule has 0 aromatic carbocycles. The molecule has 2 fully saturated rings. The van der Waals surface area contributed by atoms with Crippen molar-refractivity contribution in [3.05, 3.63) is 41.9 Å². The summed E-state index contributed by atoms with van der Waals surface area (Å²) in [7, 11) is 0. The van der Waals surface area contributed by atoms with E-state index in [1.807, 2.05) is 27.7 Å². The number of imidazole rings is 1. The van der Waals surface area contributed by atoms with E-state index in [1.54, 1.807) is 6.92 Å². The molecule has 3 aromatic heterocycles. The fraction of sp³-hybridized carbons (Fsp3) is 0.500. The van der Waals surface area contributed by atoms with Crippen LogP contribution in [0.5, 0.6) is 5.88 Å². The van der Waals surface area contributed by atoms with Gasteiger partial charge < -0.3 is 9.64 Å². The van der Waals surface area contributed by atoms with E-state index in [0.717, 1.165) is 37.3 Å². The summed E-state index contributed by atoms with van der Waals surface area (Å²) in [6.45, 7) is 3.81. The van der Waals surface area contributed by atoms with Crippen LogP contribution in [0, 0.1) is 18.7 Å². The Balaban J connectivity index is 1.18. The SMILES string of the molecule is Cc1ncnc(N2CCC(COc3ccc4nc(C5CC5)cn4n3)CC2)c1F. The van der Waals surface area contributed by atoms with E-state index in [0.29, 0.717) is 35.8 Å². The Kier molecular flexibility index (Phi) is 4.33. The predicted octanol–water partition coefficient (Wildman–Crippen LogP) is 3.14. The molecule has 5 rings (SSSR count). The van der Waals surface area contributed by atoms with Crippen molar-refractivity contribution < 1.29 is 9.13 Å². The van der Waals surface area contributed by atoms with Crippen molar-refractivity contribution >= 4 is 11.5 Å². The number of anilines is 1. The van der Waals surface area contributed by atoms with E-state index in [2.05, 4.69) is 20.1 Å². The monoisotopic (exact) mass is 382 g/mol. The van der Waals surface area contributed by atoms with Gasteiger partial charge >= 0.3 is 0 Å². The third-order valence-electron chi connectivity index (χ3n) is 5.64. The quantitative estimate of drug-likeness (QED) is 0.675. The van der Waals surface area contributed by atoms with E-state index in [4.69, 9.17) is 4.74 Å². The van der Waals surface area contributed by atoms with Crippen molar-refractivity contribution in [1.29, 1.82) is 0 Å². The summed E-state index contributed by atoms with van der Waals surface area (Å²) < 4.78 is 22.0. The van der Waals surface area contributed by atoms with Crippen LogP contribution in [-0.2, 0) is 0 Å². The molecule has 8 heteroatoms. The van der Waals surface area contributed by atoms with Gasteiger partial charge in [-0.05, 0) is 44.6 Å². The molecule has 28 heavy (non-hydrogen) atoms. The molecule has 0 radical (unpaired) electrons. The van der Waals surface area contributed by atoms with E-state index in [1.165, 1.54) is 19.2 Å². The first kappa shape index (κ1) is 17.3. The van der Waals surface area contributed by atoms with Crippen LogP contribution in [0.1, 0.15) is 43.0 Å². The average molecular weight is 382 g/mol. The molecule has 1 aliphatic carbocycles. The highest BCUT2D eigenvalue weighted by molar-refractivity contribution is 5.42. The smallest absolute Gasteiger partial charge is 0.231 e. The summed E-state index contributed by atoms with van der Waals surface area (Å²) in [4.78, 5) is 14.6. The maximum Gasteiger partial charge on any atom is 0.231 e. The number of fused-ring (bicyclic) bond motifs is 1. The summed E-state index contributed by atoms with van der Waals surface area (Å²) in [6.07, 6.45) is 7.75. The lowest BCUT2D eigenvalue weighted by atomic mass is 9.98.